The van der Waals surface area contributed by atoms with Gasteiger partial charge in [0.2, 0.25) is 0 Å². The van der Waals surface area contributed by atoms with Crippen LogP contribution in [0.5, 0.6) is 0 Å². The Morgan fingerprint density at radius 2 is 1.83 bits per heavy atom. The Kier molecular flexibility index (Phi) is 3.73. The van der Waals surface area contributed by atoms with E-state index in [-0.39, 0.29) is 22.5 Å². The molecule has 0 saturated carbocycles. The maximum atomic E-state index is 14.1. The Balaban J connectivity index is 2.16. The highest BCUT2D eigenvalue weighted by atomic mass is 19.1. The van der Waals surface area contributed by atoms with Crippen molar-refractivity contribution in [1.82, 2.24) is 9.78 Å². The second-order valence-electron chi connectivity index (χ2n) is 5.07. The minimum Gasteiger partial charge on any atom is -0.298 e. The molecule has 23 heavy (non-hydrogen) atoms. The van der Waals surface area contributed by atoms with E-state index in [2.05, 4.69) is 5.10 Å². The Morgan fingerprint density at radius 1 is 1.04 bits per heavy atom. The van der Waals surface area contributed by atoms with Crippen LogP contribution < -0.4 is 0 Å². The molecule has 0 N–H and O–H groups in total. The zero-order valence-electron chi connectivity index (χ0n) is 12.1. The molecule has 0 unspecified atom stereocenters. The van der Waals surface area contributed by atoms with E-state index in [9.17, 15) is 18.0 Å². The molecule has 0 atom stereocenters. The summed E-state index contributed by atoms with van der Waals surface area (Å²) in [5, 5.41) is 4.09. The van der Waals surface area contributed by atoms with Crippen molar-refractivity contribution in [2.75, 3.05) is 0 Å². The number of hydrogen-bond acceptors (Lipinski definition) is 2. The lowest BCUT2D eigenvalue weighted by Crippen LogP contribution is -1.99. The topological polar surface area (TPSA) is 34.9 Å². The van der Waals surface area contributed by atoms with Crippen LogP contribution >= 0.6 is 0 Å². The van der Waals surface area contributed by atoms with Crippen molar-refractivity contribution in [3.8, 4) is 16.9 Å². The van der Waals surface area contributed by atoms with Gasteiger partial charge in [0.05, 0.1) is 5.56 Å². The van der Waals surface area contributed by atoms with Crippen LogP contribution in [0.4, 0.5) is 13.2 Å². The SMILES string of the molecule is Cc1ccc(-c2nn(-c3ccc(F)cc3F)cc2C=O)c(F)c1. The second-order valence-corrected chi connectivity index (χ2v) is 5.07. The molecule has 1 heterocycles. The van der Waals surface area contributed by atoms with E-state index in [0.29, 0.717) is 12.4 Å². The number of hydrogen-bond donors (Lipinski definition) is 0. The number of carbonyl (C=O) groups is 1. The van der Waals surface area contributed by atoms with Gasteiger partial charge in [-0.2, -0.15) is 5.10 Å². The third kappa shape index (κ3) is 2.75. The molecule has 2 aromatic carbocycles. The fourth-order valence-corrected chi connectivity index (χ4v) is 2.29. The smallest absolute Gasteiger partial charge is 0.153 e. The summed E-state index contributed by atoms with van der Waals surface area (Å²) in [5.74, 6) is -2.09. The first kappa shape index (κ1) is 15.0. The van der Waals surface area contributed by atoms with E-state index in [1.54, 1.807) is 13.0 Å². The van der Waals surface area contributed by atoms with Crippen LogP contribution in [0, 0.1) is 24.4 Å². The first-order valence-corrected chi connectivity index (χ1v) is 6.76. The molecule has 3 nitrogen and oxygen atoms in total. The molecule has 0 aliphatic carbocycles. The van der Waals surface area contributed by atoms with Crippen molar-refractivity contribution in [2.45, 2.75) is 6.92 Å². The van der Waals surface area contributed by atoms with E-state index in [1.165, 1.54) is 24.4 Å². The zero-order valence-corrected chi connectivity index (χ0v) is 12.1. The summed E-state index contributed by atoms with van der Waals surface area (Å²) in [6.45, 7) is 1.74. The molecule has 0 aliphatic heterocycles. The fourth-order valence-electron chi connectivity index (χ4n) is 2.29. The van der Waals surface area contributed by atoms with Crippen LogP contribution in [0.15, 0.2) is 42.6 Å². The van der Waals surface area contributed by atoms with Crippen LogP contribution in [0.25, 0.3) is 16.9 Å². The Bertz CT molecular complexity index is 903. The molecular weight excluding hydrogens is 305 g/mol. The summed E-state index contributed by atoms with van der Waals surface area (Å²) in [4.78, 5) is 11.2. The molecule has 0 bridgehead atoms. The lowest BCUT2D eigenvalue weighted by molar-refractivity contribution is 0.112. The fraction of sp³-hybridized carbons (Fsp3) is 0.0588. The van der Waals surface area contributed by atoms with Gasteiger partial charge < -0.3 is 0 Å². The highest BCUT2D eigenvalue weighted by Gasteiger charge is 2.17. The number of aldehydes is 1. The van der Waals surface area contributed by atoms with E-state index >= 15 is 0 Å². The molecule has 1 aromatic heterocycles. The quantitative estimate of drug-likeness (QED) is 0.683. The Labute approximate surface area is 130 Å². The monoisotopic (exact) mass is 316 g/mol. The second kappa shape index (κ2) is 5.72. The van der Waals surface area contributed by atoms with Gasteiger partial charge in [-0.15, -0.1) is 0 Å². The van der Waals surface area contributed by atoms with E-state index < -0.39 is 17.5 Å². The molecule has 0 saturated heterocycles. The molecule has 0 radical (unpaired) electrons. The Morgan fingerprint density at radius 3 is 2.48 bits per heavy atom. The maximum Gasteiger partial charge on any atom is 0.153 e. The molecule has 0 amide bonds. The molecule has 0 aliphatic rings. The lowest BCUT2D eigenvalue weighted by atomic mass is 10.1. The highest BCUT2D eigenvalue weighted by molar-refractivity contribution is 5.85. The van der Waals surface area contributed by atoms with E-state index in [4.69, 9.17) is 0 Å². The van der Waals surface area contributed by atoms with Crippen molar-refractivity contribution in [3.05, 3.63) is 71.2 Å². The van der Waals surface area contributed by atoms with Crippen LogP contribution in [0.2, 0.25) is 0 Å². The molecule has 0 spiro atoms. The average molecular weight is 316 g/mol. The number of rotatable bonds is 3. The highest BCUT2D eigenvalue weighted by Crippen LogP contribution is 2.26. The average Bonchev–Trinajstić information content (AvgIpc) is 2.91. The largest absolute Gasteiger partial charge is 0.298 e. The number of aryl methyl sites for hydroxylation is 1. The molecular formula is C17H11F3N2O. The van der Waals surface area contributed by atoms with Crippen molar-refractivity contribution < 1.29 is 18.0 Å². The molecule has 116 valence electrons. The minimum absolute atomic E-state index is 0.0340. The molecule has 6 heteroatoms. The third-order valence-electron chi connectivity index (χ3n) is 3.41. The Hall–Kier alpha value is -2.89. The summed E-state index contributed by atoms with van der Waals surface area (Å²) in [7, 11) is 0. The summed E-state index contributed by atoms with van der Waals surface area (Å²) in [6.07, 6.45) is 1.79. The van der Waals surface area contributed by atoms with Crippen LogP contribution in [-0.2, 0) is 0 Å². The van der Waals surface area contributed by atoms with Crippen molar-refractivity contribution in [3.63, 3.8) is 0 Å². The van der Waals surface area contributed by atoms with E-state index in [1.807, 2.05) is 0 Å². The summed E-state index contributed by atoms with van der Waals surface area (Å²) >= 11 is 0. The normalized spacial score (nSPS) is 10.8. The lowest BCUT2D eigenvalue weighted by Gasteiger charge is -2.04. The van der Waals surface area contributed by atoms with Crippen molar-refractivity contribution in [1.29, 1.82) is 0 Å². The van der Waals surface area contributed by atoms with Gasteiger partial charge in [-0.25, -0.2) is 17.9 Å². The summed E-state index contributed by atoms with van der Waals surface area (Å²) in [5.41, 5.74) is 1.04. The van der Waals surface area contributed by atoms with Gasteiger partial charge in [-0.1, -0.05) is 6.07 Å². The molecule has 3 rings (SSSR count). The van der Waals surface area contributed by atoms with Gasteiger partial charge in [0.1, 0.15) is 23.0 Å². The number of benzene rings is 2. The van der Waals surface area contributed by atoms with E-state index in [0.717, 1.165) is 16.3 Å². The first-order chi connectivity index (χ1) is 11.0. The van der Waals surface area contributed by atoms with Crippen molar-refractivity contribution >= 4 is 6.29 Å². The molecule has 0 fully saturated rings. The summed E-state index contributed by atoms with van der Waals surface area (Å²) in [6, 6.07) is 7.50. The van der Waals surface area contributed by atoms with Gasteiger partial charge in [-0.05, 0) is 36.8 Å². The standard InChI is InChI=1S/C17H11F3N2O/c1-10-2-4-13(14(19)6-10)17-11(9-23)8-22(21-17)16-5-3-12(18)7-15(16)20/h2-9H,1H3. The third-order valence-corrected chi connectivity index (χ3v) is 3.41. The van der Waals surface area contributed by atoms with Crippen LogP contribution in [0.1, 0.15) is 15.9 Å². The summed E-state index contributed by atoms with van der Waals surface area (Å²) < 4.78 is 42.0. The van der Waals surface area contributed by atoms with Gasteiger partial charge in [0.25, 0.3) is 0 Å². The number of nitrogens with zero attached hydrogens (tertiary/aromatic N) is 2. The maximum absolute atomic E-state index is 14.1. The number of carbonyl (C=O) groups excluding carboxylic acids is 1. The molecule has 3 aromatic rings. The zero-order chi connectivity index (χ0) is 16.6. The van der Waals surface area contributed by atoms with Gasteiger partial charge in [-0.3, -0.25) is 4.79 Å². The van der Waals surface area contributed by atoms with Crippen molar-refractivity contribution in [2.24, 2.45) is 0 Å². The predicted octanol–water partition coefficient (Wildman–Crippen LogP) is 4.08. The van der Waals surface area contributed by atoms with Crippen LogP contribution in [-0.4, -0.2) is 16.1 Å². The predicted molar refractivity (Wildman–Crippen MR) is 79.0 cm³/mol. The number of aromatic nitrogens is 2. The minimum atomic E-state index is -0.833. The van der Waals surface area contributed by atoms with Crippen LogP contribution in [0.3, 0.4) is 0 Å². The van der Waals surface area contributed by atoms with Gasteiger partial charge in [0, 0.05) is 17.8 Å². The van der Waals surface area contributed by atoms with Gasteiger partial charge in [0.15, 0.2) is 12.1 Å². The first-order valence-electron chi connectivity index (χ1n) is 6.76. The number of halogens is 3. The van der Waals surface area contributed by atoms with Gasteiger partial charge >= 0.3 is 0 Å².